The van der Waals surface area contributed by atoms with Crippen LogP contribution >= 0.6 is 0 Å². The summed E-state index contributed by atoms with van der Waals surface area (Å²) in [7, 11) is 0. The van der Waals surface area contributed by atoms with E-state index in [0.717, 1.165) is 12.2 Å². The lowest BCUT2D eigenvalue weighted by Gasteiger charge is -2.29. The van der Waals surface area contributed by atoms with Crippen molar-refractivity contribution in [3.05, 3.63) is 25.3 Å². The molecular weight excluding hydrogens is 302 g/mol. The Morgan fingerprint density at radius 3 is 1.65 bits per heavy atom. The monoisotopic (exact) mass is 327 g/mol. The van der Waals surface area contributed by atoms with Gasteiger partial charge < -0.3 is 19.1 Å². The highest BCUT2D eigenvalue weighted by Gasteiger charge is 2.31. The number of esters is 2. The highest BCUT2D eigenvalue weighted by atomic mass is 16.6. The Balaban J connectivity index is 4.77. The molecule has 0 spiro atoms. The minimum Gasteiger partial charge on any atom is -0.462 e. The van der Waals surface area contributed by atoms with Crippen LogP contribution in [0.2, 0.25) is 0 Å². The van der Waals surface area contributed by atoms with Crippen molar-refractivity contribution in [2.75, 3.05) is 32.9 Å². The second-order valence-corrected chi connectivity index (χ2v) is 5.16. The molecule has 0 rings (SSSR count). The molecule has 7 nitrogen and oxygen atoms in total. The molecule has 0 aromatic heterocycles. The number of carbonyl (C=O) groups is 3. The zero-order chi connectivity index (χ0) is 17.9. The van der Waals surface area contributed by atoms with Crippen LogP contribution in [0.4, 0.5) is 4.79 Å². The van der Waals surface area contributed by atoms with Gasteiger partial charge in [0.05, 0.1) is 5.41 Å². The average Bonchev–Trinajstić information content (AvgIpc) is 2.56. The first-order chi connectivity index (χ1) is 10.8. The largest absolute Gasteiger partial charge is 0.462 e. The maximum atomic E-state index is 11.9. The summed E-state index contributed by atoms with van der Waals surface area (Å²) in [5, 5.41) is 0. The number of carbonyl (C=O) groups excluding carboxylic acids is 3. The highest BCUT2D eigenvalue weighted by Crippen LogP contribution is 2.19. The molecule has 130 valence electrons. The van der Waals surface area contributed by atoms with E-state index < -0.39 is 23.4 Å². The van der Waals surface area contributed by atoms with Gasteiger partial charge in [0.2, 0.25) is 0 Å². The molecule has 0 fully saturated rings. The molecule has 0 heterocycles. The molecule has 0 aliphatic carbocycles. The van der Waals surface area contributed by atoms with Gasteiger partial charge in [-0.1, -0.05) is 13.2 Å². The minimum atomic E-state index is -0.875. The summed E-state index contributed by atoms with van der Waals surface area (Å²) in [6, 6.07) is 0. The maximum absolute atomic E-state index is 11.9. The van der Waals surface area contributed by atoms with Gasteiger partial charge in [0.25, 0.3) is 0 Å². The van der Waals surface area contributed by atoms with E-state index in [0.29, 0.717) is 13.1 Å². The molecule has 7 heteroatoms. The minimum absolute atomic E-state index is 0.0722. The smallest absolute Gasteiger partial charge is 0.409 e. The van der Waals surface area contributed by atoms with Gasteiger partial charge >= 0.3 is 18.0 Å². The van der Waals surface area contributed by atoms with Gasteiger partial charge in [-0.25, -0.2) is 14.4 Å². The first-order valence-corrected chi connectivity index (χ1v) is 7.32. The third-order valence-electron chi connectivity index (χ3n) is 3.02. The fourth-order valence-electron chi connectivity index (χ4n) is 1.54. The molecular formula is C16H25NO6. The van der Waals surface area contributed by atoms with E-state index in [-0.39, 0.29) is 19.8 Å². The van der Waals surface area contributed by atoms with E-state index >= 15 is 0 Å². The Morgan fingerprint density at radius 1 is 0.913 bits per heavy atom. The van der Waals surface area contributed by atoms with Crippen molar-refractivity contribution in [3.63, 3.8) is 0 Å². The van der Waals surface area contributed by atoms with Crippen LogP contribution in [0.1, 0.15) is 20.8 Å². The van der Waals surface area contributed by atoms with Crippen LogP contribution in [0.25, 0.3) is 0 Å². The first-order valence-electron chi connectivity index (χ1n) is 7.32. The van der Waals surface area contributed by atoms with Crippen LogP contribution in [0.5, 0.6) is 0 Å². The van der Waals surface area contributed by atoms with Crippen molar-refractivity contribution in [3.8, 4) is 0 Å². The van der Waals surface area contributed by atoms with Crippen LogP contribution in [-0.2, 0) is 23.8 Å². The molecule has 0 N–H and O–H groups in total. The lowest BCUT2D eigenvalue weighted by Crippen LogP contribution is -2.39. The Kier molecular flexibility index (Phi) is 9.37. The summed E-state index contributed by atoms with van der Waals surface area (Å²) >= 11 is 0. The van der Waals surface area contributed by atoms with Crippen LogP contribution in [0, 0.1) is 5.41 Å². The van der Waals surface area contributed by atoms with Crippen molar-refractivity contribution in [1.82, 2.24) is 4.90 Å². The summed E-state index contributed by atoms with van der Waals surface area (Å²) in [4.78, 5) is 35.8. The zero-order valence-electron chi connectivity index (χ0n) is 14.0. The zero-order valence-corrected chi connectivity index (χ0v) is 14.0. The molecule has 0 saturated heterocycles. The maximum Gasteiger partial charge on any atom is 0.409 e. The summed E-state index contributed by atoms with van der Waals surface area (Å²) in [6.45, 7) is 12.7. The lowest BCUT2D eigenvalue weighted by atomic mass is 9.94. The van der Waals surface area contributed by atoms with Gasteiger partial charge in [0.1, 0.15) is 19.8 Å². The number of hydrogen-bond donors (Lipinski definition) is 0. The molecule has 0 unspecified atom stereocenters. The number of ether oxygens (including phenoxy) is 3. The fraction of sp³-hybridized carbons (Fsp3) is 0.562. The molecule has 1 amide bonds. The summed E-state index contributed by atoms with van der Waals surface area (Å²) < 4.78 is 15.2. The van der Waals surface area contributed by atoms with Crippen molar-refractivity contribution in [2.45, 2.75) is 20.8 Å². The number of amides is 1. The average molecular weight is 327 g/mol. The van der Waals surface area contributed by atoms with Gasteiger partial charge in [-0.05, 0) is 20.8 Å². The number of nitrogens with zero attached hydrogens (tertiary/aromatic N) is 1. The SMILES string of the molecule is C=CC(=O)OCC(C)(COC(=O)C=C)COC(=O)N(CC)CC. The molecule has 0 radical (unpaired) electrons. The van der Waals surface area contributed by atoms with E-state index in [1.165, 1.54) is 4.90 Å². The highest BCUT2D eigenvalue weighted by molar-refractivity contribution is 5.81. The summed E-state index contributed by atoms with van der Waals surface area (Å²) in [6.07, 6.45) is 1.57. The normalized spacial score (nSPS) is 10.4. The van der Waals surface area contributed by atoms with Crippen molar-refractivity contribution >= 4 is 18.0 Å². The van der Waals surface area contributed by atoms with Crippen molar-refractivity contribution < 1.29 is 28.6 Å². The Bertz CT molecular complexity index is 418. The standard InChI is InChI=1S/C16H25NO6/c1-6-13(18)21-10-16(5,11-22-14(19)7-2)12-23-15(20)17(8-3)9-4/h6-7H,1-2,8-12H2,3-5H3. The quantitative estimate of drug-likeness (QED) is 0.346. The van der Waals surface area contributed by atoms with Crippen LogP contribution < -0.4 is 0 Å². The van der Waals surface area contributed by atoms with Gasteiger partial charge in [-0.3, -0.25) is 0 Å². The van der Waals surface area contributed by atoms with Crippen LogP contribution in [-0.4, -0.2) is 55.8 Å². The fourth-order valence-corrected chi connectivity index (χ4v) is 1.54. The molecule has 0 bridgehead atoms. The predicted octanol–water partition coefficient (Wildman–Crippen LogP) is 1.93. The number of rotatable bonds is 10. The molecule has 0 aromatic carbocycles. The van der Waals surface area contributed by atoms with Crippen LogP contribution in [0.15, 0.2) is 25.3 Å². The van der Waals surface area contributed by atoms with Crippen molar-refractivity contribution in [1.29, 1.82) is 0 Å². The third-order valence-corrected chi connectivity index (χ3v) is 3.02. The predicted molar refractivity (Wildman–Crippen MR) is 84.7 cm³/mol. The molecule has 0 saturated carbocycles. The topological polar surface area (TPSA) is 82.1 Å². The molecule has 0 aromatic rings. The van der Waals surface area contributed by atoms with Gasteiger partial charge in [-0.2, -0.15) is 0 Å². The van der Waals surface area contributed by atoms with Crippen LogP contribution in [0.3, 0.4) is 0 Å². The third kappa shape index (κ3) is 8.04. The van der Waals surface area contributed by atoms with Gasteiger partial charge in [0.15, 0.2) is 0 Å². The Morgan fingerprint density at radius 2 is 1.30 bits per heavy atom. The Labute approximate surface area is 136 Å². The van der Waals surface area contributed by atoms with Gasteiger partial charge in [-0.15, -0.1) is 0 Å². The molecule has 23 heavy (non-hydrogen) atoms. The molecule has 0 atom stereocenters. The molecule has 0 aliphatic heterocycles. The molecule has 0 aliphatic rings. The van der Waals surface area contributed by atoms with Gasteiger partial charge in [0, 0.05) is 25.2 Å². The van der Waals surface area contributed by atoms with E-state index in [1.807, 2.05) is 13.8 Å². The summed E-state index contributed by atoms with van der Waals surface area (Å²) in [5.41, 5.74) is -0.875. The number of hydrogen-bond acceptors (Lipinski definition) is 6. The van der Waals surface area contributed by atoms with E-state index in [2.05, 4.69) is 13.2 Å². The lowest BCUT2D eigenvalue weighted by molar-refractivity contribution is -0.149. The van der Waals surface area contributed by atoms with E-state index in [9.17, 15) is 14.4 Å². The second kappa shape index (κ2) is 10.4. The van der Waals surface area contributed by atoms with E-state index in [1.54, 1.807) is 6.92 Å². The van der Waals surface area contributed by atoms with E-state index in [4.69, 9.17) is 14.2 Å². The first kappa shape index (κ1) is 20.7. The second-order valence-electron chi connectivity index (χ2n) is 5.16. The Hall–Kier alpha value is -2.31. The summed E-state index contributed by atoms with van der Waals surface area (Å²) in [5.74, 6) is -1.22. The van der Waals surface area contributed by atoms with Crippen molar-refractivity contribution in [2.24, 2.45) is 5.41 Å².